The highest BCUT2D eigenvalue weighted by atomic mass is 35.5. The number of aryl methyl sites for hydroxylation is 1. The normalized spacial score (nSPS) is 14.5. The van der Waals surface area contributed by atoms with Crippen LogP contribution in [0.3, 0.4) is 0 Å². The van der Waals surface area contributed by atoms with E-state index in [1.54, 1.807) is 11.3 Å². The molecule has 0 saturated carbocycles. The van der Waals surface area contributed by atoms with Gasteiger partial charge in [-0.15, -0.1) is 0 Å². The van der Waals surface area contributed by atoms with Gasteiger partial charge in [0.25, 0.3) is 0 Å². The number of hydrogen-bond donors (Lipinski definition) is 0. The van der Waals surface area contributed by atoms with Crippen LogP contribution in [0.15, 0.2) is 36.4 Å². The molecule has 1 aliphatic heterocycles. The lowest BCUT2D eigenvalue weighted by Crippen LogP contribution is -2.39. The van der Waals surface area contributed by atoms with E-state index < -0.39 is 0 Å². The van der Waals surface area contributed by atoms with E-state index >= 15 is 0 Å². The van der Waals surface area contributed by atoms with E-state index in [9.17, 15) is 4.79 Å². The summed E-state index contributed by atoms with van der Waals surface area (Å²) >= 11 is 7.85. The van der Waals surface area contributed by atoms with Crippen molar-refractivity contribution in [3.63, 3.8) is 0 Å². The number of fused-ring (bicyclic) bond motifs is 1. The monoisotopic (exact) mass is 487 g/mol. The zero-order valence-electron chi connectivity index (χ0n) is 19.2. The van der Waals surface area contributed by atoms with E-state index in [1.807, 2.05) is 55.1 Å². The van der Waals surface area contributed by atoms with Gasteiger partial charge in [-0.3, -0.25) is 14.6 Å². The molecule has 2 heterocycles. The van der Waals surface area contributed by atoms with Crippen molar-refractivity contribution in [1.29, 1.82) is 0 Å². The summed E-state index contributed by atoms with van der Waals surface area (Å²) in [5.74, 6) is 0.860. The molecule has 3 aromatic rings. The van der Waals surface area contributed by atoms with Gasteiger partial charge in [0.15, 0.2) is 5.13 Å². The second kappa shape index (κ2) is 11.3. The van der Waals surface area contributed by atoms with E-state index in [4.69, 9.17) is 26.1 Å². The van der Waals surface area contributed by atoms with Crippen molar-refractivity contribution in [2.75, 3.05) is 50.9 Å². The first-order valence-corrected chi connectivity index (χ1v) is 12.6. The number of carbonyl (C=O) groups excluding carboxylic acids is 1. The molecule has 0 aliphatic carbocycles. The molecular weight excluding hydrogens is 458 g/mol. The highest BCUT2D eigenvalue weighted by molar-refractivity contribution is 7.22. The number of halogens is 1. The second-order valence-electron chi connectivity index (χ2n) is 8.12. The third-order valence-corrected chi connectivity index (χ3v) is 7.27. The highest BCUT2D eigenvalue weighted by Gasteiger charge is 2.21. The third-order valence-electron chi connectivity index (χ3n) is 5.82. The minimum Gasteiger partial charge on any atom is -0.494 e. The molecule has 1 saturated heterocycles. The van der Waals surface area contributed by atoms with E-state index in [1.165, 1.54) is 0 Å². The van der Waals surface area contributed by atoms with Crippen LogP contribution in [0.25, 0.3) is 10.2 Å². The fourth-order valence-corrected chi connectivity index (χ4v) is 5.17. The van der Waals surface area contributed by atoms with E-state index in [2.05, 4.69) is 4.90 Å². The average molecular weight is 488 g/mol. The molecule has 176 valence electrons. The number of carbonyl (C=O) groups is 1. The minimum atomic E-state index is 0.0453. The summed E-state index contributed by atoms with van der Waals surface area (Å²) in [6.45, 7) is 9.55. The zero-order valence-corrected chi connectivity index (χ0v) is 20.8. The highest BCUT2D eigenvalue weighted by Crippen LogP contribution is 2.34. The molecule has 2 aromatic carbocycles. The lowest BCUT2D eigenvalue weighted by atomic mass is 10.1. The summed E-state index contributed by atoms with van der Waals surface area (Å²) < 4.78 is 12.0. The van der Waals surface area contributed by atoms with Crippen molar-refractivity contribution >= 4 is 44.2 Å². The number of ether oxygens (including phenoxy) is 2. The van der Waals surface area contributed by atoms with Crippen molar-refractivity contribution < 1.29 is 14.3 Å². The van der Waals surface area contributed by atoms with Gasteiger partial charge in [0.2, 0.25) is 5.91 Å². The van der Waals surface area contributed by atoms with Crippen LogP contribution in [0, 0.1) is 6.92 Å². The second-order valence-corrected chi connectivity index (χ2v) is 9.54. The Labute approximate surface area is 204 Å². The zero-order chi connectivity index (χ0) is 23.2. The van der Waals surface area contributed by atoms with Gasteiger partial charge in [0, 0.05) is 31.2 Å². The SMILES string of the molecule is CCOc1ccc(CC(=O)N(CCCN2CCOCC2)c2nc3c(C)c(Cl)ccc3s2)cc1. The van der Waals surface area contributed by atoms with Crippen LogP contribution in [0.1, 0.15) is 24.5 Å². The van der Waals surface area contributed by atoms with E-state index in [0.29, 0.717) is 24.6 Å². The molecule has 1 amide bonds. The third kappa shape index (κ3) is 6.03. The summed E-state index contributed by atoms with van der Waals surface area (Å²) in [5, 5.41) is 1.42. The van der Waals surface area contributed by atoms with Gasteiger partial charge in [-0.1, -0.05) is 35.1 Å². The maximum absolute atomic E-state index is 13.4. The summed E-state index contributed by atoms with van der Waals surface area (Å²) in [6.07, 6.45) is 1.20. The Balaban J connectivity index is 1.52. The lowest BCUT2D eigenvalue weighted by Gasteiger charge is -2.27. The fourth-order valence-electron chi connectivity index (χ4n) is 3.95. The molecule has 1 aromatic heterocycles. The molecule has 1 aliphatic rings. The van der Waals surface area contributed by atoms with Crippen LogP contribution in [0.4, 0.5) is 5.13 Å². The number of aromatic nitrogens is 1. The maximum atomic E-state index is 13.4. The van der Waals surface area contributed by atoms with E-state index in [-0.39, 0.29) is 5.91 Å². The molecule has 0 unspecified atom stereocenters. The first-order chi connectivity index (χ1) is 16.0. The molecule has 0 N–H and O–H groups in total. The Bertz CT molecular complexity index is 1080. The number of anilines is 1. The molecule has 8 heteroatoms. The van der Waals surface area contributed by atoms with Gasteiger partial charge in [0.05, 0.1) is 36.5 Å². The Hall–Kier alpha value is -2.19. The summed E-state index contributed by atoms with van der Waals surface area (Å²) in [5.41, 5.74) is 2.78. The van der Waals surface area contributed by atoms with Crippen LogP contribution < -0.4 is 9.64 Å². The average Bonchev–Trinajstić information content (AvgIpc) is 3.26. The summed E-state index contributed by atoms with van der Waals surface area (Å²) in [6, 6.07) is 11.6. The molecular formula is C25H30ClN3O3S. The van der Waals surface area contributed by atoms with Crippen LogP contribution in [0.5, 0.6) is 5.75 Å². The van der Waals surface area contributed by atoms with Crippen LogP contribution in [0.2, 0.25) is 5.02 Å². The van der Waals surface area contributed by atoms with Crippen molar-refractivity contribution in [1.82, 2.24) is 9.88 Å². The standard InChI is InChI=1S/C25H30ClN3O3S/c1-3-32-20-7-5-19(6-8-20)17-23(30)29(12-4-11-28-13-15-31-16-14-28)25-27-24-18(2)21(26)9-10-22(24)33-25/h5-10H,3-4,11-17H2,1-2H3. The van der Waals surface area contributed by atoms with Gasteiger partial charge in [0.1, 0.15) is 5.75 Å². The summed E-state index contributed by atoms with van der Waals surface area (Å²) in [7, 11) is 0. The first-order valence-electron chi connectivity index (χ1n) is 11.4. The quantitative estimate of drug-likeness (QED) is 0.427. The summed E-state index contributed by atoms with van der Waals surface area (Å²) in [4.78, 5) is 22.5. The van der Waals surface area contributed by atoms with Crippen molar-refractivity contribution in [3.8, 4) is 5.75 Å². The minimum absolute atomic E-state index is 0.0453. The predicted molar refractivity (Wildman–Crippen MR) is 135 cm³/mol. The number of hydrogen-bond acceptors (Lipinski definition) is 6. The molecule has 0 radical (unpaired) electrons. The largest absolute Gasteiger partial charge is 0.494 e. The molecule has 0 spiro atoms. The van der Waals surface area contributed by atoms with Crippen LogP contribution in [-0.4, -0.2) is 61.8 Å². The van der Waals surface area contributed by atoms with Gasteiger partial charge in [-0.25, -0.2) is 4.98 Å². The molecule has 0 atom stereocenters. The predicted octanol–water partition coefficient (Wildman–Crippen LogP) is 4.95. The van der Waals surface area contributed by atoms with Crippen molar-refractivity contribution in [2.24, 2.45) is 0 Å². The number of amides is 1. The number of nitrogens with zero attached hydrogens (tertiary/aromatic N) is 3. The van der Waals surface area contributed by atoms with Gasteiger partial charge < -0.3 is 9.47 Å². The molecule has 4 rings (SSSR count). The van der Waals surface area contributed by atoms with Crippen LogP contribution >= 0.6 is 22.9 Å². The smallest absolute Gasteiger partial charge is 0.233 e. The number of rotatable bonds is 9. The number of benzene rings is 2. The Morgan fingerprint density at radius 2 is 1.97 bits per heavy atom. The van der Waals surface area contributed by atoms with Crippen molar-refractivity contribution in [3.05, 3.63) is 52.5 Å². The van der Waals surface area contributed by atoms with Crippen molar-refractivity contribution in [2.45, 2.75) is 26.7 Å². The Morgan fingerprint density at radius 1 is 1.21 bits per heavy atom. The number of thiazole rings is 1. The first kappa shape index (κ1) is 24.0. The van der Waals surface area contributed by atoms with Crippen LogP contribution in [-0.2, 0) is 16.0 Å². The van der Waals surface area contributed by atoms with Gasteiger partial charge in [-0.2, -0.15) is 0 Å². The topological polar surface area (TPSA) is 54.9 Å². The molecule has 33 heavy (non-hydrogen) atoms. The van der Waals surface area contributed by atoms with Gasteiger partial charge in [-0.05, 0) is 55.7 Å². The molecule has 0 bridgehead atoms. The van der Waals surface area contributed by atoms with E-state index in [0.717, 1.165) is 71.5 Å². The molecule has 1 fully saturated rings. The lowest BCUT2D eigenvalue weighted by molar-refractivity contribution is -0.118. The maximum Gasteiger partial charge on any atom is 0.233 e. The fraction of sp³-hybridized carbons (Fsp3) is 0.440. The van der Waals surface area contributed by atoms with Gasteiger partial charge >= 0.3 is 0 Å². The molecule has 6 nitrogen and oxygen atoms in total. The Morgan fingerprint density at radius 3 is 2.70 bits per heavy atom. The number of morpholine rings is 1. The Kier molecular flexibility index (Phi) is 8.20.